The minimum atomic E-state index is -1.04. The third kappa shape index (κ3) is 11.3. The first kappa shape index (κ1) is 18.1. The molecule has 0 spiro atoms. The molecule has 0 saturated carbocycles. The number of carbonyl (C=O) groups is 5. The maximum Gasteiger partial charge on any atom is 0.303 e. The summed E-state index contributed by atoms with van der Waals surface area (Å²) in [5.74, 6) is -1.69. The van der Waals surface area contributed by atoms with Crippen molar-refractivity contribution < 1.29 is 29.1 Å². The second-order valence-electron chi connectivity index (χ2n) is 4.71. The van der Waals surface area contributed by atoms with Gasteiger partial charge >= 0.3 is 5.97 Å². The summed E-state index contributed by atoms with van der Waals surface area (Å²) < 4.78 is 0. The zero-order valence-corrected chi connectivity index (χ0v) is 11.6. The van der Waals surface area contributed by atoms with E-state index in [2.05, 4.69) is 0 Å². The number of carbonyl (C=O) groups excluding carboxylic acids is 4. The zero-order valence-electron chi connectivity index (χ0n) is 11.6. The molecule has 0 bridgehead atoms. The van der Waals surface area contributed by atoms with Crippen LogP contribution in [0.2, 0.25) is 0 Å². The van der Waals surface area contributed by atoms with Gasteiger partial charge in [0.1, 0.15) is 23.1 Å². The van der Waals surface area contributed by atoms with E-state index in [0.717, 1.165) is 0 Å². The van der Waals surface area contributed by atoms with Crippen LogP contribution in [0.4, 0.5) is 0 Å². The molecule has 0 unspecified atom stereocenters. The molecule has 0 atom stereocenters. The Bertz CT molecular complexity index is 360. The molecular weight excluding hydrogens is 264 g/mol. The Morgan fingerprint density at radius 3 is 1.20 bits per heavy atom. The lowest BCUT2D eigenvalue weighted by atomic mass is 10.0. The molecule has 0 amide bonds. The van der Waals surface area contributed by atoms with Crippen molar-refractivity contribution >= 4 is 29.1 Å². The van der Waals surface area contributed by atoms with Crippen LogP contribution in [0.1, 0.15) is 58.3 Å². The smallest absolute Gasteiger partial charge is 0.303 e. The number of carboxylic acids is 1. The van der Waals surface area contributed by atoms with Crippen molar-refractivity contribution in [1.82, 2.24) is 0 Å². The van der Waals surface area contributed by atoms with Gasteiger partial charge in [-0.1, -0.05) is 0 Å². The highest BCUT2D eigenvalue weighted by molar-refractivity contribution is 5.90. The van der Waals surface area contributed by atoms with E-state index in [0.29, 0.717) is 0 Å². The molecular formula is C14H20O6. The van der Waals surface area contributed by atoms with Crippen molar-refractivity contribution in [3.63, 3.8) is 0 Å². The molecule has 20 heavy (non-hydrogen) atoms. The molecule has 0 saturated heterocycles. The maximum absolute atomic E-state index is 11.4. The van der Waals surface area contributed by atoms with Crippen LogP contribution >= 0.6 is 0 Å². The van der Waals surface area contributed by atoms with Crippen LogP contribution in [0.15, 0.2) is 0 Å². The van der Waals surface area contributed by atoms with E-state index in [4.69, 9.17) is 5.11 Å². The Morgan fingerprint density at radius 2 is 0.900 bits per heavy atom. The Labute approximate surface area is 117 Å². The summed E-state index contributed by atoms with van der Waals surface area (Å²) in [7, 11) is 0. The van der Waals surface area contributed by atoms with Crippen LogP contribution in [-0.4, -0.2) is 34.2 Å². The standard InChI is InChI=1S/C14H20O6/c1-10(15)2-3-11(16)4-5-12(17)6-7-13(18)8-9-14(19)20/h2-9H2,1H3,(H,19,20). The Hall–Kier alpha value is -1.85. The molecule has 0 aliphatic heterocycles. The van der Waals surface area contributed by atoms with E-state index >= 15 is 0 Å². The van der Waals surface area contributed by atoms with Crippen molar-refractivity contribution in [1.29, 1.82) is 0 Å². The van der Waals surface area contributed by atoms with E-state index in [1.807, 2.05) is 0 Å². The first-order chi connectivity index (χ1) is 9.31. The minimum absolute atomic E-state index is 0.0216. The van der Waals surface area contributed by atoms with Crippen molar-refractivity contribution in [3.8, 4) is 0 Å². The van der Waals surface area contributed by atoms with Gasteiger partial charge in [-0.25, -0.2) is 0 Å². The largest absolute Gasteiger partial charge is 0.481 e. The monoisotopic (exact) mass is 284 g/mol. The van der Waals surface area contributed by atoms with Crippen LogP contribution < -0.4 is 0 Å². The lowest BCUT2D eigenvalue weighted by molar-refractivity contribution is -0.138. The van der Waals surface area contributed by atoms with Gasteiger partial charge in [-0.3, -0.25) is 19.2 Å². The Kier molecular flexibility index (Phi) is 9.07. The molecule has 0 radical (unpaired) electrons. The maximum atomic E-state index is 11.4. The Morgan fingerprint density at radius 1 is 0.600 bits per heavy atom. The van der Waals surface area contributed by atoms with E-state index in [1.165, 1.54) is 6.92 Å². The van der Waals surface area contributed by atoms with Gasteiger partial charge in [0.05, 0.1) is 6.42 Å². The van der Waals surface area contributed by atoms with Gasteiger partial charge in [-0.15, -0.1) is 0 Å². The van der Waals surface area contributed by atoms with Gasteiger partial charge in [0.2, 0.25) is 0 Å². The summed E-state index contributed by atoms with van der Waals surface area (Å²) in [4.78, 5) is 54.9. The lowest BCUT2D eigenvalue weighted by Crippen LogP contribution is -2.09. The molecule has 0 heterocycles. The summed E-state index contributed by atoms with van der Waals surface area (Å²) in [5.41, 5.74) is 0. The molecule has 0 aromatic carbocycles. The molecule has 0 aliphatic carbocycles. The SMILES string of the molecule is CC(=O)CCC(=O)CCC(=O)CCC(=O)CCC(=O)O. The quantitative estimate of drug-likeness (QED) is 0.582. The summed E-state index contributed by atoms with van der Waals surface area (Å²) >= 11 is 0. The van der Waals surface area contributed by atoms with E-state index < -0.39 is 5.97 Å². The third-order valence-electron chi connectivity index (χ3n) is 2.74. The molecule has 0 rings (SSSR count). The van der Waals surface area contributed by atoms with E-state index in [1.54, 1.807) is 0 Å². The van der Waals surface area contributed by atoms with Crippen molar-refractivity contribution in [3.05, 3.63) is 0 Å². The topological polar surface area (TPSA) is 106 Å². The number of Topliss-reactive ketones (excluding diaryl/α,β-unsaturated/α-hetero) is 4. The van der Waals surface area contributed by atoms with Crippen LogP contribution in [0, 0.1) is 0 Å². The highest BCUT2D eigenvalue weighted by atomic mass is 16.4. The third-order valence-corrected chi connectivity index (χ3v) is 2.74. The highest BCUT2D eigenvalue weighted by Crippen LogP contribution is 2.05. The van der Waals surface area contributed by atoms with Gasteiger partial charge in [-0.05, 0) is 6.92 Å². The summed E-state index contributed by atoms with van der Waals surface area (Å²) in [5, 5.41) is 8.39. The predicted octanol–water partition coefficient (Wildman–Crippen LogP) is 1.49. The lowest BCUT2D eigenvalue weighted by Gasteiger charge is -2.01. The fraction of sp³-hybridized carbons (Fsp3) is 0.643. The van der Waals surface area contributed by atoms with Gasteiger partial charge in [0, 0.05) is 44.9 Å². The molecule has 6 heteroatoms. The van der Waals surface area contributed by atoms with Crippen LogP contribution in [0.5, 0.6) is 0 Å². The Balaban J connectivity index is 3.73. The summed E-state index contributed by atoms with van der Waals surface area (Å²) in [6.45, 7) is 1.40. The number of hydrogen-bond donors (Lipinski definition) is 1. The number of carboxylic acid groups (broad SMARTS) is 1. The molecule has 0 aliphatic rings. The molecule has 112 valence electrons. The number of hydrogen-bond acceptors (Lipinski definition) is 5. The van der Waals surface area contributed by atoms with Gasteiger partial charge < -0.3 is 9.90 Å². The second kappa shape index (κ2) is 10.00. The normalized spacial score (nSPS) is 10.1. The predicted molar refractivity (Wildman–Crippen MR) is 70.3 cm³/mol. The first-order valence-electron chi connectivity index (χ1n) is 6.57. The number of aliphatic carboxylic acids is 1. The van der Waals surface area contributed by atoms with E-state index in [-0.39, 0.29) is 74.5 Å². The molecule has 0 fully saturated rings. The van der Waals surface area contributed by atoms with Crippen molar-refractivity contribution in [2.45, 2.75) is 58.3 Å². The fourth-order valence-electron chi connectivity index (χ4n) is 1.49. The van der Waals surface area contributed by atoms with Crippen LogP contribution in [-0.2, 0) is 24.0 Å². The highest BCUT2D eigenvalue weighted by Gasteiger charge is 2.11. The molecule has 1 N–H and O–H groups in total. The second-order valence-corrected chi connectivity index (χ2v) is 4.71. The van der Waals surface area contributed by atoms with Crippen molar-refractivity contribution in [2.24, 2.45) is 0 Å². The summed E-state index contributed by atoms with van der Waals surface area (Å²) in [6.07, 6.45) is 0.280. The summed E-state index contributed by atoms with van der Waals surface area (Å²) in [6, 6.07) is 0. The number of ketones is 4. The van der Waals surface area contributed by atoms with Crippen molar-refractivity contribution in [2.75, 3.05) is 0 Å². The van der Waals surface area contributed by atoms with E-state index in [9.17, 15) is 24.0 Å². The molecule has 0 aromatic heterocycles. The molecule has 0 aromatic rings. The minimum Gasteiger partial charge on any atom is -0.481 e. The van der Waals surface area contributed by atoms with Gasteiger partial charge in [0.15, 0.2) is 0 Å². The van der Waals surface area contributed by atoms with Gasteiger partial charge in [0.25, 0.3) is 0 Å². The van der Waals surface area contributed by atoms with Crippen LogP contribution in [0.3, 0.4) is 0 Å². The molecule has 6 nitrogen and oxygen atoms in total. The van der Waals surface area contributed by atoms with Gasteiger partial charge in [-0.2, -0.15) is 0 Å². The zero-order chi connectivity index (χ0) is 15.5. The average Bonchev–Trinajstić information content (AvgIpc) is 2.37. The van der Waals surface area contributed by atoms with Crippen LogP contribution in [0.25, 0.3) is 0 Å². The first-order valence-corrected chi connectivity index (χ1v) is 6.57. The number of rotatable bonds is 12. The average molecular weight is 284 g/mol. The fourth-order valence-corrected chi connectivity index (χ4v) is 1.49.